The van der Waals surface area contributed by atoms with E-state index in [9.17, 15) is 4.79 Å². The monoisotopic (exact) mass is 319 g/mol. The van der Waals surface area contributed by atoms with Crippen LogP contribution in [-0.2, 0) is 11.3 Å². The van der Waals surface area contributed by atoms with Gasteiger partial charge >= 0.3 is 11.3 Å². The van der Waals surface area contributed by atoms with E-state index < -0.39 is 0 Å². The molecule has 0 spiro atoms. The predicted octanol–water partition coefficient (Wildman–Crippen LogP) is -0.0252. The Bertz CT molecular complexity index is 671. The second-order valence-electron chi connectivity index (χ2n) is 5.73. The molecule has 23 heavy (non-hydrogen) atoms. The highest BCUT2D eigenvalue weighted by Gasteiger charge is 2.22. The number of rotatable bonds is 6. The summed E-state index contributed by atoms with van der Waals surface area (Å²) in [6.07, 6.45) is 0. The molecule has 2 aromatic rings. The molecule has 2 heterocycles. The number of H-pyrrole nitrogens is 1. The number of aromatic nitrogens is 2. The molecular formula is C16H23N4O3+. The summed E-state index contributed by atoms with van der Waals surface area (Å²) in [5, 5.41) is 5.98. The normalized spacial score (nSPS) is 15.9. The standard InChI is InChI=1S/C16H22N4O3/c1-13-2-4-14(5-3-13)20-15(16(21)23-18-20)12-17-6-7-19-8-10-22-11-9-19/h2-5,17H,6-12H2,1H3/p+1. The van der Waals surface area contributed by atoms with Crippen LogP contribution >= 0.6 is 0 Å². The van der Waals surface area contributed by atoms with Crippen LogP contribution < -0.4 is 15.6 Å². The summed E-state index contributed by atoms with van der Waals surface area (Å²) in [5.74, 6) is 0. The van der Waals surface area contributed by atoms with E-state index in [1.54, 1.807) is 4.68 Å². The number of morpholine rings is 1. The Morgan fingerprint density at radius 1 is 1.26 bits per heavy atom. The van der Waals surface area contributed by atoms with E-state index in [1.807, 2.05) is 31.2 Å². The number of benzene rings is 1. The average molecular weight is 319 g/mol. The van der Waals surface area contributed by atoms with Crippen LogP contribution in [-0.4, -0.2) is 49.6 Å². The Morgan fingerprint density at radius 2 is 2.00 bits per heavy atom. The minimum Gasteiger partial charge on any atom is -0.379 e. The number of nitrogens with zero attached hydrogens (tertiary/aromatic N) is 2. The lowest BCUT2D eigenvalue weighted by atomic mass is 10.2. The zero-order valence-corrected chi connectivity index (χ0v) is 13.4. The Hall–Kier alpha value is -1.96. The van der Waals surface area contributed by atoms with Gasteiger partial charge in [0.2, 0.25) is 5.69 Å². The number of hydrogen-bond acceptors (Lipinski definition) is 5. The van der Waals surface area contributed by atoms with Crippen molar-refractivity contribution < 1.29 is 13.9 Å². The van der Waals surface area contributed by atoms with Crippen LogP contribution in [0.2, 0.25) is 0 Å². The van der Waals surface area contributed by atoms with Crippen molar-refractivity contribution in [3.05, 3.63) is 45.9 Å². The summed E-state index contributed by atoms with van der Waals surface area (Å²) in [4.78, 5) is 14.2. The third-order valence-electron chi connectivity index (χ3n) is 4.03. The van der Waals surface area contributed by atoms with E-state index in [-0.39, 0.29) is 5.63 Å². The first-order valence-corrected chi connectivity index (χ1v) is 7.94. The van der Waals surface area contributed by atoms with Gasteiger partial charge in [-0.1, -0.05) is 17.7 Å². The fourth-order valence-electron chi connectivity index (χ4n) is 2.61. The van der Waals surface area contributed by atoms with E-state index in [2.05, 4.69) is 15.5 Å². The van der Waals surface area contributed by atoms with E-state index >= 15 is 0 Å². The average Bonchev–Trinajstić information content (AvgIpc) is 2.94. The van der Waals surface area contributed by atoms with Gasteiger partial charge in [-0.15, -0.1) is 0 Å². The van der Waals surface area contributed by atoms with Gasteiger partial charge in [-0.3, -0.25) is 9.42 Å². The first kappa shape index (κ1) is 15.9. The zero-order chi connectivity index (χ0) is 16.1. The molecule has 0 bridgehead atoms. The van der Waals surface area contributed by atoms with Gasteiger partial charge in [0.25, 0.3) is 0 Å². The molecule has 1 fully saturated rings. The molecule has 0 aliphatic carbocycles. The molecule has 1 aliphatic heterocycles. The van der Waals surface area contributed by atoms with Crippen molar-refractivity contribution in [2.24, 2.45) is 0 Å². The molecule has 0 atom stereocenters. The molecule has 1 aromatic carbocycles. The molecule has 2 N–H and O–H groups in total. The molecule has 0 radical (unpaired) electrons. The Labute approximate surface area is 134 Å². The highest BCUT2D eigenvalue weighted by atomic mass is 16.5. The minimum atomic E-state index is -0.343. The molecule has 7 nitrogen and oxygen atoms in total. The van der Waals surface area contributed by atoms with Crippen LogP contribution in [0.3, 0.4) is 0 Å². The maximum Gasteiger partial charge on any atom is 0.431 e. The van der Waals surface area contributed by atoms with E-state index in [4.69, 9.17) is 9.26 Å². The molecule has 124 valence electrons. The summed E-state index contributed by atoms with van der Waals surface area (Å²) in [6, 6.07) is 7.92. The highest BCUT2D eigenvalue weighted by molar-refractivity contribution is 5.26. The SMILES string of the molecule is Cc1ccc(-[n+]2[nH]oc(=O)c2CNCCN2CCOCC2)cc1. The van der Waals surface area contributed by atoms with Crippen molar-refractivity contribution >= 4 is 0 Å². The molecule has 0 saturated carbocycles. The molecule has 1 aromatic heterocycles. The maximum absolute atomic E-state index is 11.9. The fourth-order valence-corrected chi connectivity index (χ4v) is 2.61. The smallest absolute Gasteiger partial charge is 0.379 e. The van der Waals surface area contributed by atoms with Gasteiger partial charge in [-0.2, -0.15) is 0 Å². The van der Waals surface area contributed by atoms with Crippen LogP contribution in [0.1, 0.15) is 11.3 Å². The van der Waals surface area contributed by atoms with Gasteiger partial charge in [0.05, 0.1) is 19.8 Å². The van der Waals surface area contributed by atoms with Crippen molar-refractivity contribution in [2.45, 2.75) is 13.5 Å². The van der Waals surface area contributed by atoms with Crippen LogP contribution in [0, 0.1) is 6.92 Å². The molecular weight excluding hydrogens is 296 g/mol. The molecule has 7 heteroatoms. The summed E-state index contributed by atoms with van der Waals surface area (Å²) in [6.45, 7) is 7.80. The van der Waals surface area contributed by atoms with E-state index in [0.29, 0.717) is 12.2 Å². The number of nitrogens with one attached hydrogen (secondary N) is 2. The van der Waals surface area contributed by atoms with Crippen molar-refractivity contribution in [1.82, 2.24) is 15.5 Å². The summed E-state index contributed by atoms with van der Waals surface area (Å²) < 4.78 is 12.0. The second-order valence-corrected chi connectivity index (χ2v) is 5.73. The molecule has 3 rings (SSSR count). The number of aryl methyl sites for hydroxylation is 1. The lowest BCUT2D eigenvalue weighted by Gasteiger charge is -2.26. The van der Waals surface area contributed by atoms with E-state index in [0.717, 1.165) is 45.1 Å². The van der Waals surface area contributed by atoms with Crippen LogP contribution in [0.4, 0.5) is 0 Å². The van der Waals surface area contributed by atoms with Crippen LogP contribution in [0.15, 0.2) is 33.6 Å². The van der Waals surface area contributed by atoms with Crippen molar-refractivity contribution in [3.63, 3.8) is 0 Å². The quantitative estimate of drug-likeness (QED) is 0.578. The highest BCUT2D eigenvalue weighted by Crippen LogP contribution is 2.02. The van der Waals surface area contributed by atoms with Gasteiger partial charge in [0, 0.05) is 38.3 Å². The Morgan fingerprint density at radius 3 is 2.74 bits per heavy atom. The lowest BCUT2D eigenvalue weighted by molar-refractivity contribution is -0.677. The minimum absolute atomic E-state index is 0.343. The first-order chi connectivity index (χ1) is 11.2. The molecule has 1 aliphatic rings. The van der Waals surface area contributed by atoms with Crippen molar-refractivity contribution in [1.29, 1.82) is 0 Å². The zero-order valence-electron chi connectivity index (χ0n) is 13.4. The van der Waals surface area contributed by atoms with Crippen molar-refractivity contribution in [3.8, 4) is 5.69 Å². The van der Waals surface area contributed by atoms with Gasteiger partial charge in [0.15, 0.2) is 0 Å². The van der Waals surface area contributed by atoms with Gasteiger partial charge < -0.3 is 10.1 Å². The molecule has 0 unspecified atom stereocenters. The largest absolute Gasteiger partial charge is 0.431 e. The third-order valence-corrected chi connectivity index (χ3v) is 4.03. The lowest BCUT2D eigenvalue weighted by Crippen LogP contribution is -2.43. The van der Waals surface area contributed by atoms with Gasteiger partial charge in [-0.05, 0) is 16.9 Å². The van der Waals surface area contributed by atoms with Crippen LogP contribution in [0.25, 0.3) is 5.69 Å². The first-order valence-electron chi connectivity index (χ1n) is 7.94. The Kier molecular flexibility index (Phi) is 5.22. The summed E-state index contributed by atoms with van der Waals surface area (Å²) in [7, 11) is 0. The number of hydrogen-bond donors (Lipinski definition) is 2. The second kappa shape index (κ2) is 7.54. The maximum atomic E-state index is 11.9. The van der Waals surface area contributed by atoms with Crippen molar-refractivity contribution in [2.75, 3.05) is 39.4 Å². The third kappa shape index (κ3) is 4.07. The van der Waals surface area contributed by atoms with Gasteiger partial charge in [-0.25, -0.2) is 4.79 Å². The molecule has 0 amide bonds. The van der Waals surface area contributed by atoms with Gasteiger partial charge in [0.1, 0.15) is 0 Å². The molecule has 1 saturated heterocycles. The predicted molar refractivity (Wildman–Crippen MR) is 84.6 cm³/mol. The topological polar surface area (TPSA) is 74.4 Å². The van der Waals surface area contributed by atoms with Crippen LogP contribution in [0.5, 0.6) is 0 Å². The summed E-state index contributed by atoms with van der Waals surface area (Å²) >= 11 is 0. The fraction of sp³-hybridized carbons (Fsp3) is 0.500. The number of aromatic amines is 1. The Balaban J connectivity index is 1.58. The van der Waals surface area contributed by atoms with E-state index in [1.165, 1.54) is 5.56 Å². The number of ether oxygens (including phenoxy) is 1. The summed E-state index contributed by atoms with van der Waals surface area (Å²) in [5.41, 5.74) is 2.28.